The predicted octanol–water partition coefficient (Wildman–Crippen LogP) is 4.57. The molecule has 0 saturated heterocycles. The third kappa shape index (κ3) is 4.01. The molecule has 138 valence electrons. The van der Waals surface area contributed by atoms with Gasteiger partial charge in [0, 0.05) is 12.0 Å². The summed E-state index contributed by atoms with van der Waals surface area (Å²) in [6.07, 6.45) is 2.58. The molecule has 0 aliphatic carbocycles. The van der Waals surface area contributed by atoms with E-state index < -0.39 is 0 Å². The molecule has 1 N–H and O–H groups in total. The highest BCUT2D eigenvalue weighted by Gasteiger charge is 2.38. The first kappa shape index (κ1) is 18.3. The van der Waals surface area contributed by atoms with Crippen LogP contribution in [0.25, 0.3) is 0 Å². The molecule has 1 aliphatic rings. The molecule has 1 aliphatic heterocycles. The van der Waals surface area contributed by atoms with Crippen molar-refractivity contribution in [3.05, 3.63) is 59.7 Å². The second-order valence-corrected chi connectivity index (χ2v) is 6.96. The van der Waals surface area contributed by atoms with E-state index in [2.05, 4.69) is 19.2 Å². The third-order valence-electron chi connectivity index (χ3n) is 5.18. The van der Waals surface area contributed by atoms with Crippen LogP contribution in [0.2, 0.25) is 0 Å². The maximum atomic E-state index is 12.5. The van der Waals surface area contributed by atoms with Gasteiger partial charge in [0.05, 0.1) is 6.04 Å². The molecule has 0 aromatic heterocycles. The Morgan fingerprint density at radius 1 is 1.19 bits per heavy atom. The number of para-hydroxylation sites is 1. The molecule has 0 bridgehead atoms. The van der Waals surface area contributed by atoms with Gasteiger partial charge in [0.25, 0.3) is 5.91 Å². The average Bonchev–Trinajstić information content (AvgIpc) is 2.66. The fraction of sp³-hybridized carbons (Fsp3) is 0.409. The van der Waals surface area contributed by atoms with Crippen molar-refractivity contribution in [1.29, 1.82) is 0 Å². The molecule has 2 aromatic rings. The number of carbonyl (C=O) groups excluding carboxylic acids is 1. The number of hydrogen-bond donors (Lipinski definition) is 1. The number of fused-ring (bicyclic) bond motifs is 1. The summed E-state index contributed by atoms with van der Waals surface area (Å²) in [4.78, 5) is 12.5. The van der Waals surface area contributed by atoms with Gasteiger partial charge in [-0.25, -0.2) is 0 Å². The molecule has 0 saturated carbocycles. The Kier molecular flexibility index (Phi) is 5.50. The SMILES string of the molecule is CCC1(CC)CC(NC(=O)COc2cccc(C)c2)c2ccccc2O1. The Balaban J connectivity index is 1.70. The average molecular weight is 353 g/mol. The van der Waals surface area contributed by atoms with Gasteiger partial charge in [0.15, 0.2) is 6.61 Å². The van der Waals surface area contributed by atoms with E-state index in [1.54, 1.807) is 0 Å². The molecule has 1 amide bonds. The lowest BCUT2D eigenvalue weighted by molar-refractivity contribution is -0.124. The third-order valence-corrected chi connectivity index (χ3v) is 5.18. The Labute approximate surface area is 155 Å². The van der Waals surface area contributed by atoms with Crippen LogP contribution < -0.4 is 14.8 Å². The minimum Gasteiger partial charge on any atom is -0.487 e. The van der Waals surface area contributed by atoms with E-state index in [1.165, 1.54) is 0 Å². The maximum Gasteiger partial charge on any atom is 0.258 e. The molecule has 0 spiro atoms. The summed E-state index contributed by atoms with van der Waals surface area (Å²) < 4.78 is 11.9. The van der Waals surface area contributed by atoms with Gasteiger partial charge < -0.3 is 14.8 Å². The van der Waals surface area contributed by atoms with Crippen molar-refractivity contribution in [3.8, 4) is 11.5 Å². The fourth-order valence-electron chi connectivity index (χ4n) is 3.52. The molecule has 3 rings (SSSR count). The smallest absolute Gasteiger partial charge is 0.258 e. The van der Waals surface area contributed by atoms with E-state index in [1.807, 2.05) is 55.5 Å². The van der Waals surface area contributed by atoms with Gasteiger partial charge in [-0.2, -0.15) is 0 Å². The lowest BCUT2D eigenvalue weighted by atomic mass is 9.83. The van der Waals surface area contributed by atoms with Crippen LogP contribution in [0, 0.1) is 6.92 Å². The van der Waals surface area contributed by atoms with Crippen LogP contribution in [-0.2, 0) is 4.79 Å². The summed E-state index contributed by atoms with van der Waals surface area (Å²) in [5.74, 6) is 1.46. The van der Waals surface area contributed by atoms with Gasteiger partial charge in [0.2, 0.25) is 0 Å². The molecule has 4 heteroatoms. The van der Waals surface area contributed by atoms with Crippen LogP contribution in [0.5, 0.6) is 11.5 Å². The predicted molar refractivity (Wildman–Crippen MR) is 103 cm³/mol. The zero-order chi connectivity index (χ0) is 18.6. The monoisotopic (exact) mass is 353 g/mol. The van der Waals surface area contributed by atoms with E-state index in [0.29, 0.717) is 5.75 Å². The Bertz CT molecular complexity index is 767. The highest BCUT2D eigenvalue weighted by Crippen LogP contribution is 2.42. The molecule has 1 heterocycles. The topological polar surface area (TPSA) is 47.6 Å². The van der Waals surface area contributed by atoms with Crippen molar-refractivity contribution in [2.75, 3.05) is 6.61 Å². The highest BCUT2D eigenvalue weighted by atomic mass is 16.5. The standard InChI is InChI=1S/C22H27NO3/c1-4-22(5-2)14-19(18-11-6-7-12-20(18)26-22)23-21(24)15-25-17-10-8-9-16(3)13-17/h6-13,19H,4-5,14-15H2,1-3H3,(H,23,24). The molecular weight excluding hydrogens is 326 g/mol. The van der Waals surface area contributed by atoms with Crippen molar-refractivity contribution in [3.63, 3.8) is 0 Å². The summed E-state index contributed by atoms with van der Waals surface area (Å²) in [5, 5.41) is 3.14. The van der Waals surface area contributed by atoms with Gasteiger partial charge >= 0.3 is 0 Å². The van der Waals surface area contributed by atoms with E-state index in [0.717, 1.165) is 36.1 Å². The van der Waals surface area contributed by atoms with E-state index in [-0.39, 0.29) is 24.2 Å². The minimum absolute atomic E-state index is 0.00816. The van der Waals surface area contributed by atoms with Gasteiger partial charge in [-0.15, -0.1) is 0 Å². The number of carbonyl (C=O) groups is 1. The number of nitrogens with one attached hydrogen (secondary N) is 1. The van der Waals surface area contributed by atoms with Gasteiger partial charge in [-0.3, -0.25) is 4.79 Å². The second kappa shape index (κ2) is 7.81. The Hall–Kier alpha value is -2.49. The Morgan fingerprint density at radius 2 is 1.96 bits per heavy atom. The first-order valence-electron chi connectivity index (χ1n) is 9.32. The molecule has 0 radical (unpaired) electrons. The number of aryl methyl sites for hydroxylation is 1. The number of benzene rings is 2. The summed E-state index contributed by atoms with van der Waals surface area (Å²) >= 11 is 0. The fourth-order valence-corrected chi connectivity index (χ4v) is 3.52. The first-order valence-corrected chi connectivity index (χ1v) is 9.32. The number of hydrogen-bond acceptors (Lipinski definition) is 3. The molecule has 26 heavy (non-hydrogen) atoms. The van der Waals surface area contributed by atoms with Crippen LogP contribution in [0.1, 0.15) is 50.3 Å². The summed E-state index contributed by atoms with van der Waals surface area (Å²) in [5.41, 5.74) is 1.91. The summed E-state index contributed by atoms with van der Waals surface area (Å²) in [6, 6.07) is 15.6. The van der Waals surface area contributed by atoms with Crippen molar-refractivity contribution in [2.24, 2.45) is 0 Å². The van der Waals surface area contributed by atoms with Gasteiger partial charge in [-0.05, 0) is 43.5 Å². The van der Waals surface area contributed by atoms with Crippen LogP contribution in [0.4, 0.5) is 0 Å². The number of amides is 1. The van der Waals surface area contributed by atoms with Gasteiger partial charge in [0.1, 0.15) is 17.1 Å². The van der Waals surface area contributed by atoms with E-state index >= 15 is 0 Å². The molecule has 0 fully saturated rings. The normalized spacial score (nSPS) is 17.7. The van der Waals surface area contributed by atoms with Gasteiger partial charge in [-0.1, -0.05) is 44.2 Å². The highest BCUT2D eigenvalue weighted by molar-refractivity contribution is 5.78. The van der Waals surface area contributed by atoms with Crippen molar-refractivity contribution < 1.29 is 14.3 Å². The lowest BCUT2D eigenvalue weighted by Crippen LogP contribution is -2.45. The van der Waals surface area contributed by atoms with E-state index in [4.69, 9.17) is 9.47 Å². The van der Waals surface area contributed by atoms with Crippen molar-refractivity contribution >= 4 is 5.91 Å². The Morgan fingerprint density at radius 3 is 2.69 bits per heavy atom. The maximum absolute atomic E-state index is 12.5. The van der Waals surface area contributed by atoms with Crippen molar-refractivity contribution in [2.45, 2.75) is 51.7 Å². The van der Waals surface area contributed by atoms with Crippen LogP contribution >= 0.6 is 0 Å². The van der Waals surface area contributed by atoms with Crippen molar-refractivity contribution in [1.82, 2.24) is 5.32 Å². The quantitative estimate of drug-likeness (QED) is 0.827. The molecular formula is C22H27NO3. The molecule has 1 atom stereocenters. The first-order chi connectivity index (χ1) is 12.5. The van der Waals surface area contributed by atoms with E-state index in [9.17, 15) is 4.79 Å². The van der Waals surface area contributed by atoms with Crippen LogP contribution in [0.15, 0.2) is 48.5 Å². The summed E-state index contributed by atoms with van der Waals surface area (Å²) in [7, 11) is 0. The minimum atomic E-state index is -0.232. The summed E-state index contributed by atoms with van der Waals surface area (Å²) in [6.45, 7) is 6.28. The lowest BCUT2D eigenvalue weighted by Gasteiger charge is -2.41. The molecule has 4 nitrogen and oxygen atoms in total. The number of ether oxygens (including phenoxy) is 2. The van der Waals surface area contributed by atoms with Crippen LogP contribution in [0.3, 0.4) is 0 Å². The zero-order valence-corrected chi connectivity index (χ0v) is 15.7. The largest absolute Gasteiger partial charge is 0.487 e. The number of rotatable bonds is 6. The zero-order valence-electron chi connectivity index (χ0n) is 15.7. The second-order valence-electron chi connectivity index (χ2n) is 6.96. The van der Waals surface area contributed by atoms with Crippen LogP contribution in [-0.4, -0.2) is 18.1 Å². The molecule has 1 unspecified atom stereocenters. The molecule has 2 aromatic carbocycles.